The second kappa shape index (κ2) is 7.71. The number of H-pyrrole nitrogens is 2. The highest BCUT2D eigenvalue weighted by Gasteiger charge is 2.22. The zero-order valence-electron chi connectivity index (χ0n) is 14.1. The molecule has 0 aliphatic carbocycles. The fourth-order valence-corrected chi connectivity index (χ4v) is 3.61. The topological polar surface area (TPSA) is 92.8 Å². The normalized spacial score (nSPS) is 12.6. The van der Waals surface area contributed by atoms with E-state index in [1.165, 1.54) is 11.8 Å². The monoisotopic (exact) mass is 360 g/mol. The van der Waals surface area contributed by atoms with Crippen LogP contribution in [0.15, 0.2) is 40.4 Å². The molecular formula is C17H20N4O3S. The van der Waals surface area contributed by atoms with Crippen LogP contribution in [0, 0.1) is 0 Å². The molecule has 3 aromatic rings. The van der Waals surface area contributed by atoms with Gasteiger partial charge in [-0.2, -0.15) is 0 Å². The molecule has 0 saturated heterocycles. The molecule has 0 spiro atoms. The maximum absolute atomic E-state index is 12.8. The van der Waals surface area contributed by atoms with Crippen LogP contribution in [0.1, 0.15) is 23.7 Å². The van der Waals surface area contributed by atoms with Gasteiger partial charge in [-0.3, -0.25) is 9.36 Å². The minimum atomic E-state index is -0.365. The lowest BCUT2D eigenvalue weighted by Gasteiger charge is -2.10. The molecule has 0 unspecified atom stereocenters. The summed E-state index contributed by atoms with van der Waals surface area (Å²) in [6, 6.07) is 7.69. The molecule has 0 aliphatic heterocycles. The summed E-state index contributed by atoms with van der Waals surface area (Å²) >= 11 is 1.28. The highest BCUT2D eigenvalue weighted by Crippen LogP contribution is 2.26. The maximum atomic E-state index is 12.8. The Morgan fingerprint density at radius 1 is 1.40 bits per heavy atom. The van der Waals surface area contributed by atoms with Crippen molar-refractivity contribution in [3.05, 3.63) is 46.5 Å². The van der Waals surface area contributed by atoms with Crippen molar-refractivity contribution in [2.75, 3.05) is 13.7 Å². The molecule has 8 heteroatoms. The van der Waals surface area contributed by atoms with Crippen LogP contribution in [0.5, 0.6) is 0 Å². The Bertz CT molecular complexity index is 927. The van der Waals surface area contributed by atoms with Crippen LogP contribution in [0.4, 0.5) is 0 Å². The fraction of sp³-hybridized carbons (Fsp3) is 0.353. The molecule has 0 aliphatic rings. The first-order valence-electron chi connectivity index (χ1n) is 8.03. The third kappa shape index (κ3) is 3.69. The van der Waals surface area contributed by atoms with Gasteiger partial charge in [0.2, 0.25) is 0 Å². The van der Waals surface area contributed by atoms with Gasteiger partial charge in [0.05, 0.1) is 5.25 Å². The van der Waals surface area contributed by atoms with Gasteiger partial charge >= 0.3 is 5.69 Å². The Hall–Kier alpha value is -2.32. The molecule has 1 atom stereocenters. The molecule has 132 valence electrons. The smallest absolute Gasteiger partial charge is 0.343 e. The number of carbonyl (C=O) groups excluding carboxylic acids is 1. The van der Waals surface area contributed by atoms with Crippen LogP contribution in [-0.4, -0.2) is 44.5 Å². The summed E-state index contributed by atoms with van der Waals surface area (Å²) < 4.78 is 6.56. The zero-order valence-corrected chi connectivity index (χ0v) is 14.9. The molecule has 0 bridgehead atoms. The summed E-state index contributed by atoms with van der Waals surface area (Å²) in [6.45, 7) is 2.89. The number of fused-ring (bicyclic) bond motifs is 1. The number of aromatic nitrogens is 4. The molecule has 0 saturated carbocycles. The summed E-state index contributed by atoms with van der Waals surface area (Å²) in [5.74, 6) is 0.00124. The van der Waals surface area contributed by atoms with Gasteiger partial charge in [-0.1, -0.05) is 30.0 Å². The number of para-hydroxylation sites is 1. The number of nitrogens with zero attached hydrogens (tertiary/aromatic N) is 2. The fourth-order valence-electron chi connectivity index (χ4n) is 2.66. The van der Waals surface area contributed by atoms with Gasteiger partial charge < -0.3 is 9.72 Å². The largest absolute Gasteiger partial charge is 0.385 e. The number of nitrogens with one attached hydrogen (secondary N) is 2. The number of ketones is 1. The Kier molecular flexibility index (Phi) is 5.40. The lowest BCUT2D eigenvalue weighted by atomic mass is 10.1. The number of thioether (sulfide) groups is 1. The van der Waals surface area contributed by atoms with Gasteiger partial charge in [-0.05, 0) is 19.4 Å². The molecule has 0 radical (unpaired) electrons. The van der Waals surface area contributed by atoms with Crippen molar-refractivity contribution in [2.45, 2.75) is 30.3 Å². The predicted molar refractivity (Wildman–Crippen MR) is 97.3 cm³/mol. The number of aromatic amines is 2. The molecule has 7 nitrogen and oxygen atoms in total. The maximum Gasteiger partial charge on any atom is 0.343 e. The van der Waals surface area contributed by atoms with E-state index < -0.39 is 0 Å². The van der Waals surface area contributed by atoms with Crippen molar-refractivity contribution in [3.63, 3.8) is 0 Å². The molecule has 1 aromatic carbocycles. The van der Waals surface area contributed by atoms with E-state index in [0.717, 1.165) is 10.9 Å². The highest BCUT2D eigenvalue weighted by atomic mass is 32.2. The number of methoxy groups -OCH3 is 1. The second-order valence-corrected chi connectivity index (χ2v) is 6.99. The van der Waals surface area contributed by atoms with Crippen LogP contribution < -0.4 is 5.69 Å². The lowest BCUT2D eigenvalue weighted by molar-refractivity contribution is 0.0995. The van der Waals surface area contributed by atoms with Crippen molar-refractivity contribution < 1.29 is 9.53 Å². The lowest BCUT2D eigenvalue weighted by Crippen LogP contribution is -2.20. The van der Waals surface area contributed by atoms with Crippen LogP contribution >= 0.6 is 11.8 Å². The van der Waals surface area contributed by atoms with E-state index in [9.17, 15) is 9.59 Å². The first kappa shape index (κ1) is 17.5. The molecule has 3 rings (SSSR count). The molecule has 0 fully saturated rings. The number of ether oxygens (including phenoxy) is 1. The molecule has 2 heterocycles. The summed E-state index contributed by atoms with van der Waals surface area (Å²) in [5, 5.41) is 7.55. The van der Waals surface area contributed by atoms with Crippen molar-refractivity contribution in [3.8, 4) is 0 Å². The van der Waals surface area contributed by atoms with Gasteiger partial charge in [0.25, 0.3) is 0 Å². The molecule has 25 heavy (non-hydrogen) atoms. The second-order valence-electron chi connectivity index (χ2n) is 5.68. The van der Waals surface area contributed by atoms with Crippen molar-refractivity contribution in [1.29, 1.82) is 0 Å². The van der Waals surface area contributed by atoms with Crippen LogP contribution in [0.25, 0.3) is 10.9 Å². The number of hydrogen-bond acceptors (Lipinski definition) is 5. The predicted octanol–water partition coefficient (Wildman–Crippen LogP) is 2.45. The van der Waals surface area contributed by atoms with Crippen LogP contribution in [0.3, 0.4) is 0 Å². The first-order valence-corrected chi connectivity index (χ1v) is 8.91. The Labute approximate surface area is 148 Å². The molecule has 2 N–H and O–H groups in total. The number of benzene rings is 1. The van der Waals surface area contributed by atoms with E-state index in [4.69, 9.17) is 4.74 Å². The van der Waals surface area contributed by atoms with E-state index in [-0.39, 0.29) is 16.7 Å². The molecule has 2 aromatic heterocycles. The third-order valence-corrected chi connectivity index (χ3v) is 5.05. The quantitative estimate of drug-likeness (QED) is 0.366. The summed E-state index contributed by atoms with van der Waals surface area (Å²) in [4.78, 5) is 27.8. The standard InChI is InChI=1S/C17H20N4O3S/c1-11(15(22)13-10-18-14-7-4-3-6-12(13)14)25-17-20-19-16(23)21(17)8-5-9-24-2/h3-4,6-7,10-11,18H,5,8-9H2,1-2H3,(H,19,23)/t11-/m0/s1. The molecule has 0 amide bonds. The number of Topliss-reactive ketones (excluding diaryl/α,β-unsaturated/α-hetero) is 1. The zero-order chi connectivity index (χ0) is 17.8. The van der Waals surface area contributed by atoms with Gasteiger partial charge in [0.15, 0.2) is 10.9 Å². The summed E-state index contributed by atoms with van der Waals surface area (Å²) in [7, 11) is 1.62. The highest BCUT2D eigenvalue weighted by molar-refractivity contribution is 8.00. The number of carbonyl (C=O) groups is 1. The Balaban J connectivity index is 1.77. The van der Waals surface area contributed by atoms with E-state index in [2.05, 4.69) is 15.2 Å². The first-order chi connectivity index (χ1) is 12.1. The SMILES string of the molecule is COCCCn1c(S[C@@H](C)C(=O)c2c[nH]c3ccccc23)n[nH]c1=O. The van der Waals surface area contributed by atoms with Crippen molar-refractivity contribution in [2.24, 2.45) is 0 Å². The van der Waals surface area contributed by atoms with Crippen LogP contribution in [0.2, 0.25) is 0 Å². The van der Waals surface area contributed by atoms with E-state index in [0.29, 0.717) is 30.3 Å². The van der Waals surface area contributed by atoms with E-state index in [1.54, 1.807) is 17.9 Å². The average molecular weight is 360 g/mol. The minimum Gasteiger partial charge on any atom is -0.385 e. The summed E-state index contributed by atoms with van der Waals surface area (Å²) in [5.41, 5.74) is 1.31. The van der Waals surface area contributed by atoms with Crippen molar-refractivity contribution in [1.82, 2.24) is 19.7 Å². The van der Waals surface area contributed by atoms with Crippen LogP contribution in [-0.2, 0) is 11.3 Å². The summed E-state index contributed by atoms with van der Waals surface area (Å²) in [6.07, 6.45) is 2.44. The number of hydrogen-bond donors (Lipinski definition) is 2. The average Bonchev–Trinajstić information content (AvgIpc) is 3.19. The number of rotatable bonds is 8. The minimum absolute atomic E-state index is 0.00124. The van der Waals surface area contributed by atoms with Gasteiger partial charge in [0, 0.05) is 42.9 Å². The third-order valence-electron chi connectivity index (χ3n) is 3.96. The Morgan fingerprint density at radius 2 is 2.20 bits per heavy atom. The van der Waals surface area contributed by atoms with Gasteiger partial charge in [-0.15, -0.1) is 5.10 Å². The van der Waals surface area contributed by atoms with Gasteiger partial charge in [0.1, 0.15) is 0 Å². The molecular weight excluding hydrogens is 340 g/mol. The van der Waals surface area contributed by atoms with Crippen molar-refractivity contribution >= 4 is 28.4 Å². The van der Waals surface area contributed by atoms with E-state index >= 15 is 0 Å². The Morgan fingerprint density at radius 3 is 3.00 bits per heavy atom. The van der Waals surface area contributed by atoms with Gasteiger partial charge in [-0.25, -0.2) is 9.89 Å². The van der Waals surface area contributed by atoms with E-state index in [1.807, 2.05) is 31.2 Å².